The zero-order valence-electron chi connectivity index (χ0n) is 9.24. The minimum absolute atomic E-state index is 0.416. The van der Waals surface area contributed by atoms with Gasteiger partial charge in [0, 0.05) is 18.6 Å². The van der Waals surface area contributed by atoms with Gasteiger partial charge in [-0.3, -0.25) is 9.78 Å². The number of nitrogens with zero attached hydrogens (tertiary/aromatic N) is 1. The van der Waals surface area contributed by atoms with Gasteiger partial charge in [0.05, 0.1) is 16.8 Å². The first-order valence-corrected chi connectivity index (χ1v) is 5.00. The van der Waals surface area contributed by atoms with Crippen LogP contribution in [0.2, 0.25) is 0 Å². The van der Waals surface area contributed by atoms with E-state index in [4.69, 9.17) is 5.73 Å². The Balaban J connectivity index is 2.80. The second-order valence-corrected chi connectivity index (χ2v) is 3.68. The number of carbonyl (C=O) groups excluding carboxylic acids is 1. The van der Waals surface area contributed by atoms with Crippen molar-refractivity contribution in [1.82, 2.24) is 4.98 Å². The third-order valence-electron chi connectivity index (χ3n) is 2.54. The number of amides is 1. The van der Waals surface area contributed by atoms with Crippen LogP contribution in [0.1, 0.15) is 15.9 Å². The zero-order valence-corrected chi connectivity index (χ0v) is 9.24. The van der Waals surface area contributed by atoms with Gasteiger partial charge in [0.25, 0.3) is 5.91 Å². The molecule has 0 unspecified atom stereocenters. The lowest BCUT2D eigenvalue weighted by Crippen LogP contribution is -2.14. The quantitative estimate of drug-likeness (QED) is 0.800. The lowest BCUT2D eigenvalue weighted by atomic mass is 10.1. The first-order chi connectivity index (χ1) is 7.63. The Bertz CT molecular complexity index is 563. The average molecular weight is 215 g/mol. The summed E-state index contributed by atoms with van der Waals surface area (Å²) in [5, 5.41) is 3.91. The van der Waals surface area contributed by atoms with Crippen LogP contribution in [-0.4, -0.2) is 17.9 Å². The number of primary amides is 1. The summed E-state index contributed by atoms with van der Waals surface area (Å²) < 4.78 is 0. The average Bonchev–Trinajstić information content (AvgIpc) is 2.26. The molecule has 2 rings (SSSR count). The minimum atomic E-state index is -0.473. The summed E-state index contributed by atoms with van der Waals surface area (Å²) in [6.45, 7) is 2.00. The molecule has 1 heterocycles. The number of nitrogens with two attached hydrogens (primary N) is 1. The molecule has 0 bridgehead atoms. The lowest BCUT2D eigenvalue weighted by Gasteiger charge is -2.09. The van der Waals surface area contributed by atoms with Crippen molar-refractivity contribution in [3.63, 3.8) is 0 Å². The highest BCUT2D eigenvalue weighted by atomic mass is 16.1. The third-order valence-corrected chi connectivity index (χ3v) is 2.54. The molecule has 0 fully saturated rings. The minimum Gasteiger partial charge on any atom is -0.387 e. The van der Waals surface area contributed by atoms with E-state index in [9.17, 15) is 4.79 Å². The van der Waals surface area contributed by atoms with Crippen molar-refractivity contribution >= 4 is 22.5 Å². The summed E-state index contributed by atoms with van der Waals surface area (Å²) in [4.78, 5) is 15.5. The molecule has 0 aliphatic rings. The van der Waals surface area contributed by atoms with Gasteiger partial charge in [-0.15, -0.1) is 0 Å². The normalized spacial score (nSPS) is 10.4. The van der Waals surface area contributed by atoms with Crippen LogP contribution in [0, 0.1) is 6.92 Å². The molecule has 82 valence electrons. The van der Waals surface area contributed by atoms with Crippen LogP contribution in [0.25, 0.3) is 10.9 Å². The summed E-state index contributed by atoms with van der Waals surface area (Å²) in [5.41, 5.74) is 8.43. The number of pyridine rings is 1. The molecule has 1 amide bonds. The van der Waals surface area contributed by atoms with Crippen molar-refractivity contribution in [2.45, 2.75) is 6.92 Å². The van der Waals surface area contributed by atoms with E-state index in [1.807, 2.05) is 25.1 Å². The molecule has 2 aromatic rings. The van der Waals surface area contributed by atoms with E-state index in [0.717, 1.165) is 22.2 Å². The number of nitrogens with one attached hydrogen (secondary N) is 1. The second-order valence-electron chi connectivity index (χ2n) is 3.68. The van der Waals surface area contributed by atoms with E-state index in [-0.39, 0.29) is 0 Å². The molecule has 0 saturated carbocycles. The molecule has 0 aliphatic heterocycles. The van der Waals surface area contributed by atoms with E-state index in [0.29, 0.717) is 5.56 Å². The fourth-order valence-electron chi connectivity index (χ4n) is 1.76. The molecule has 16 heavy (non-hydrogen) atoms. The second kappa shape index (κ2) is 3.81. The van der Waals surface area contributed by atoms with E-state index in [2.05, 4.69) is 10.3 Å². The Hall–Kier alpha value is -2.10. The van der Waals surface area contributed by atoms with Gasteiger partial charge in [0.15, 0.2) is 0 Å². The van der Waals surface area contributed by atoms with Gasteiger partial charge in [-0.1, -0.05) is 12.1 Å². The maximum atomic E-state index is 11.2. The number of benzene rings is 1. The molecule has 0 aliphatic carbocycles. The van der Waals surface area contributed by atoms with Crippen LogP contribution in [0.15, 0.2) is 24.4 Å². The molecule has 3 N–H and O–H groups in total. The Kier molecular flexibility index (Phi) is 2.48. The van der Waals surface area contributed by atoms with Gasteiger partial charge in [0.2, 0.25) is 0 Å². The third kappa shape index (κ3) is 1.58. The lowest BCUT2D eigenvalue weighted by molar-refractivity contribution is 0.100. The van der Waals surface area contributed by atoms with Crippen LogP contribution in [0.4, 0.5) is 5.69 Å². The number of anilines is 1. The van der Waals surface area contributed by atoms with Crippen LogP contribution in [-0.2, 0) is 0 Å². The van der Waals surface area contributed by atoms with E-state index in [1.165, 1.54) is 6.20 Å². The smallest absolute Gasteiger partial charge is 0.252 e. The monoisotopic (exact) mass is 215 g/mol. The highest BCUT2D eigenvalue weighted by Crippen LogP contribution is 2.25. The Morgan fingerprint density at radius 3 is 2.81 bits per heavy atom. The highest BCUT2D eigenvalue weighted by Gasteiger charge is 2.11. The van der Waals surface area contributed by atoms with Crippen LogP contribution < -0.4 is 11.1 Å². The van der Waals surface area contributed by atoms with Gasteiger partial charge in [-0.25, -0.2) is 0 Å². The largest absolute Gasteiger partial charge is 0.387 e. The summed E-state index contributed by atoms with van der Waals surface area (Å²) in [6.07, 6.45) is 1.51. The summed E-state index contributed by atoms with van der Waals surface area (Å²) in [6, 6.07) is 5.90. The number of carbonyl (C=O) groups is 1. The molecule has 0 radical (unpaired) electrons. The van der Waals surface area contributed by atoms with Crippen molar-refractivity contribution in [2.24, 2.45) is 5.73 Å². The Morgan fingerprint density at radius 2 is 2.19 bits per heavy atom. The van der Waals surface area contributed by atoms with Crippen LogP contribution in [0.3, 0.4) is 0 Å². The summed E-state index contributed by atoms with van der Waals surface area (Å²) in [7, 11) is 1.76. The van der Waals surface area contributed by atoms with Gasteiger partial charge in [-0.05, 0) is 18.6 Å². The first-order valence-electron chi connectivity index (χ1n) is 5.00. The molecular formula is C12H13N3O. The molecule has 4 heteroatoms. The van der Waals surface area contributed by atoms with Crippen molar-refractivity contribution in [3.05, 3.63) is 35.5 Å². The standard InChI is InChI=1S/C12H13N3O/c1-7-3-4-8-10(5-7)15-6-9(12(13)16)11(8)14-2/h3-6H,1-2H3,(H2,13,16)(H,14,15). The van der Waals surface area contributed by atoms with Crippen molar-refractivity contribution in [2.75, 3.05) is 12.4 Å². The number of hydrogen-bond donors (Lipinski definition) is 2. The molecule has 0 spiro atoms. The van der Waals surface area contributed by atoms with Crippen LogP contribution in [0.5, 0.6) is 0 Å². The molecule has 4 nitrogen and oxygen atoms in total. The van der Waals surface area contributed by atoms with Crippen molar-refractivity contribution < 1.29 is 4.79 Å². The number of rotatable bonds is 2. The molecule has 0 saturated heterocycles. The fourth-order valence-corrected chi connectivity index (χ4v) is 1.76. The van der Waals surface area contributed by atoms with Gasteiger partial charge in [-0.2, -0.15) is 0 Å². The molecule has 1 aromatic carbocycles. The Labute approximate surface area is 93.5 Å². The van der Waals surface area contributed by atoms with Gasteiger partial charge >= 0.3 is 0 Å². The SMILES string of the molecule is CNc1c(C(N)=O)cnc2cc(C)ccc12. The molecule has 0 atom stereocenters. The highest BCUT2D eigenvalue weighted by molar-refractivity contribution is 6.06. The summed E-state index contributed by atoms with van der Waals surface area (Å²) in [5.74, 6) is -0.473. The first kappa shape index (κ1) is 10.4. The number of aromatic nitrogens is 1. The van der Waals surface area contributed by atoms with Gasteiger partial charge in [0.1, 0.15) is 0 Å². The maximum absolute atomic E-state index is 11.2. The Morgan fingerprint density at radius 1 is 1.44 bits per heavy atom. The van der Waals surface area contributed by atoms with Crippen molar-refractivity contribution in [1.29, 1.82) is 0 Å². The summed E-state index contributed by atoms with van der Waals surface area (Å²) >= 11 is 0. The zero-order chi connectivity index (χ0) is 11.7. The fraction of sp³-hybridized carbons (Fsp3) is 0.167. The van der Waals surface area contributed by atoms with E-state index >= 15 is 0 Å². The predicted molar refractivity (Wildman–Crippen MR) is 64.5 cm³/mol. The van der Waals surface area contributed by atoms with Crippen LogP contribution >= 0.6 is 0 Å². The topological polar surface area (TPSA) is 68.0 Å². The van der Waals surface area contributed by atoms with E-state index in [1.54, 1.807) is 7.05 Å². The molecular weight excluding hydrogens is 202 g/mol. The maximum Gasteiger partial charge on any atom is 0.252 e. The van der Waals surface area contributed by atoms with Gasteiger partial charge < -0.3 is 11.1 Å². The molecule has 1 aromatic heterocycles. The van der Waals surface area contributed by atoms with E-state index < -0.39 is 5.91 Å². The van der Waals surface area contributed by atoms with Crippen molar-refractivity contribution in [3.8, 4) is 0 Å². The predicted octanol–water partition coefficient (Wildman–Crippen LogP) is 1.68. The number of hydrogen-bond acceptors (Lipinski definition) is 3. The number of aryl methyl sites for hydroxylation is 1. The number of fused-ring (bicyclic) bond motifs is 1.